The average Bonchev–Trinajstić information content (AvgIpc) is 2.78. The van der Waals surface area contributed by atoms with Crippen LogP contribution < -0.4 is 5.32 Å². The molecule has 1 saturated carbocycles. The van der Waals surface area contributed by atoms with Crippen LogP contribution in [0.25, 0.3) is 0 Å². The summed E-state index contributed by atoms with van der Waals surface area (Å²) in [4.78, 5) is 29.0. The lowest BCUT2D eigenvalue weighted by Gasteiger charge is -2.31. The highest BCUT2D eigenvalue weighted by molar-refractivity contribution is 8.00. The molecule has 0 bridgehead atoms. The van der Waals surface area contributed by atoms with Gasteiger partial charge in [-0.05, 0) is 51.3 Å². The molecule has 4 nitrogen and oxygen atoms in total. The molecule has 1 N–H and O–H groups in total. The molecule has 0 radical (unpaired) electrons. The van der Waals surface area contributed by atoms with Crippen LogP contribution in [0.5, 0.6) is 0 Å². The van der Waals surface area contributed by atoms with Crippen LogP contribution in [-0.2, 0) is 16.1 Å². The van der Waals surface area contributed by atoms with Crippen LogP contribution in [0, 0.1) is 13.8 Å². The van der Waals surface area contributed by atoms with Gasteiger partial charge < -0.3 is 10.2 Å². The molecule has 0 aliphatic heterocycles. The molecule has 0 aromatic heterocycles. The molecular formula is C26H34N2O2S. The van der Waals surface area contributed by atoms with Crippen molar-refractivity contribution in [3.05, 3.63) is 65.2 Å². The first-order valence-corrected chi connectivity index (χ1v) is 12.3. The number of amides is 2. The highest BCUT2D eigenvalue weighted by Crippen LogP contribution is 2.21. The lowest BCUT2D eigenvalue weighted by Crippen LogP contribution is -2.50. The first-order chi connectivity index (χ1) is 14.9. The van der Waals surface area contributed by atoms with Gasteiger partial charge in [0.05, 0.1) is 5.75 Å². The van der Waals surface area contributed by atoms with Gasteiger partial charge in [-0.2, -0.15) is 0 Å². The van der Waals surface area contributed by atoms with E-state index in [9.17, 15) is 9.59 Å². The summed E-state index contributed by atoms with van der Waals surface area (Å²) >= 11 is 1.52. The molecule has 1 aliphatic rings. The molecular weight excluding hydrogens is 404 g/mol. The summed E-state index contributed by atoms with van der Waals surface area (Å²) in [7, 11) is 0. The molecule has 5 heteroatoms. The van der Waals surface area contributed by atoms with E-state index in [1.807, 2.05) is 50.2 Å². The highest BCUT2D eigenvalue weighted by atomic mass is 32.2. The van der Waals surface area contributed by atoms with Gasteiger partial charge in [0.15, 0.2) is 0 Å². The zero-order chi connectivity index (χ0) is 22.2. The number of aryl methyl sites for hydroxylation is 2. The van der Waals surface area contributed by atoms with Crippen molar-refractivity contribution < 1.29 is 9.59 Å². The van der Waals surface area contributed by atoms with Crippen molar-refractivity contribution in [2.24, 2.45) is 0 Å². The van der Waals surface area contributed by atoms with Crippen molar-refractivity contribution in [2.75, 3.05) is 5.75 Å². The van der Waals surface area contributed by atoms with Crippen LogP contribution in [0.3, 0.4) is 0 Å². The van der Waals surface area contributed by atoms with E-state index in [0.717, 1.165) is 23.3 Å². The first-order valence-electron chi connectivity index (χ1n) is 11.3. The molecule has 2 aromatic carbocycles. The smallest absolute Gasteiger partial charge is 0.242 e. The Bertz CT molecular complexity index is 858. The zero-order valence-electron chi connectivity index (χ0n) is 18.9. The van der Waals surface area contributed by atoms with Crippen LogP contribution in [-0.4, -0.2) is 34.6 Å². The number of hydrogen-bond donors (Lipinski definition) is 1. The predicted molar refractivity (Wildman–Crippen MR) is 128 cm³/mol. The third kappa shape index (κ3) is 7.13. The number of benzene rings is 2. The van der Waals surface area contributed by atoms with E-state index in [1.54, 1.807) is 4.90 Å². The van der Waals surface area contributed by atoms with E-state index in [2.05, 4.69) is 24.4 Å². The van der Waals surface area contributed by atoms with E-state index in [4.69, 9.17) is 0 Å². The standard InChI is InChI=1S/C26H34N2O2S/c1-19-9-13-22(14-10-19)17-28(21(3)26(30)27-23-7-5-4-6-8-23)25(29)18-31-24-15-11-20(2)12-16-24/h9-16,21,23H,4-8,17-18H2,1-3H3,(H,27,30). The second-order valence-corrected chi connectivity index (χ2v) is 9.68. The maximum absolute atomic E-state index is 13.2. The van der Waals surface area contributed by atoms with E-state index < -0.39 is 6.04 Å². The number of carbonyl (C=O) groups excluding carboxylic acids is 2. The number of carbonyl (C=O) groups is 2. The largest absolute Gasteiger partial charge is 0.352 e. The van der Waals surface area contributed by atoms with Gasteiger partial charge in [0.25, 0.3) is 0 Å². The number of thioether (sulfide) groups is 1. The van der Waals surface area contributed by atoms with Gasteiger partial charge in [-0.3, -0.25) is 9.59 Å². The number of rotatable bonds is 8. The third-order valence-electron chi connectivity index (χ3n) is 5.98. The van der Waals surface area contributed by atoms with Gasteiger partial charge in [0.2, 0.25) is 11.8 Å². The maximum Gasteiger partial charge on any atom is 0.242 e. The maximum atomic E-state index is 13.2. The van der Waals surface area contributed by atoms with E-state index in [0.29, 0.717) is 12.3 Å². The second-order valence-electron chi connectivity index (χ2n) is 8.63. The fourth-order valence-electron chi connectivity index (χ4n) is 3.90. The number of nitrogens with one attached hydrogen (secondary N) is 1. The van der Waals surface area contributed by atoms with E-state index in [-0.39, 0.29) is 17.9 Å². The predicted octanol–water partition coefficient (Wildman–Crippen LogP) is 5.26. The van der Waals surface area contributed by atoms with Crippen LogP contribution in [0.1, 0.15) is 55.7 Å². The number of hydrogen-bond acceptors (Lipinski definition) is 3. The summed E-state index contributed by atoms with van der Waals surface area (Å²) in [5.74, 6) is 0.251. The third-order valence-corrected chi connectivity index (χ3v) is 6.97. The molecule has 3 rings (SSSR count). The Hall–Kier alpha value is -2.27. The zero-order valence-corrected chi connectivity index (χ0v) is 19.7. The Morgan fingerprint density at radius 2 is 1.55 bits per heavy atom. The monoisotopic (exact) mass is 438 g/mol. The summed E-state index contributed by atoms with van der Waals surface area (Å²) < 4.78 is 0. The molecule has 1 fully saturated rings. The molecule has 0 saturated heterocycles. The van der Waals surface area contributed by atoms with Crippen molar-refractivity contribution in [1.82, 2.24) is 10.2 Å². The van der Waals surface area contributed by atoms with Crippen LogP contribution in [0.15, 0.2) is 53.4 Å². The first kappa shape index (κ1) is 23.4. The minimum atomic E-state index is -0.505. The molecule has 2 aromatic rings. The second kappa shape index (κ2) is 11.4. The summed E-state index contributed by atoms with van der Waals surface area (Å²) in [6, 6.07) is 16.1. The van der Waals surface area contributed by atoms with Crippen LogP contribution in [0.4, 0.5) is 0 Å². The SMILES string of the molecule is Cc1ccc(CN(C(=O)CSc2ccc(C)cc2)C(C)C(=O)NC2CCCCC2)cc1. The van der Waals surface area contributed by atoms with Gasteiger partial charge in [0, 0.05) is 17.5 Å². The van der Waals surface area contributed by atoms with Gasteiger partial charge in [-0.25, -0.2) is 0 Å². The van der Waals surface area contributed by atoms with Crippen LogP contribution >= 0.6 is 11.8 Å². The molecule has 166 valence electrons. The summed E-state index contributed by atoms with van der Waals surface area (Å²) in [6.07, 6.45) is 5.65. The lowest BCUT2D eigenvalue weighted by atomic mass is 9.95. The Morgan fingerprint density at radius 1 is 0.968 bits per heavy atom. The summed E-state index contributed by atoms with van der Waals surface area (Å²) in [6.45, 7) is 6.38. The Morgan fingerprint density at radius 3 is 2.16 bits per heavy atom. The van der Waals surface area contributed by atoms with Crippen molar-refractivity contribution in [1.29, 1.82) is 0 Å². The minimum Gasteiger partial charge on any atom is -0.352 e. The topological polar surface area (TPSA) is 49.4 Å². The van der Waals surface area contributed by atoms with Crippen LogP contribution in [0.2, 0.25) is 0 Å². The van der Waals surface area contributed by atoms with Crippen molar-refractivity contribution >= 4 is 23.6 Å². The van der Waals surface area contributed by atoms with Gasteiger partial charge in [-0.1, -0.05) is 66.8 Å². The van der Waals surface area contributed by atoms with Crippen molar-refractivity contribution in [2.45, 2.75) is 76.4 Å². The van der Waals surface area contributed by atoms with E-state index in [1.165, 1.54) is 42.2 Å². The lowest BCUT2D eigenvalue weighted by molar-refractivity contribution is -0.139. The summed E-state index contributed by atoms with van der Waals surface area (Å²) in [5.41, 5.74) is 3.42. The molecule has 1 unspecified atom stereocenters. The fourth-order valence-corrected chi connectivity index (χ4v) is 4.69. The van der Waals surface area contributed by atoms with Crippen molar-refractivity contribution in [3.8, 4) is 0 Å². The highest BCUT2D eigenvalue weighted by Gasteiger charge is 2.28. The fraction of sp³-hybridized carbons (Fsp3) is 0.462. The Labute approximate surface area is 190 Å². The molecule has 2 amide bonds. The normalized spacial score (nSPS) is 15.3. The van der Waals surface area contributed by atoms with Crippen molar-refractivity contribution in [3.63, 3.8) is 0 Å². The molecule has 1 aliphatic carbocycles. The van der Waals surface area contributed by atoms with Gasteiger partial charge in [0.1, 0.15) is 6.04 Å². The minimum absolute atomic E-state index is 0.0163. The molecule has 1 atom stereocenters. The molecule has 0 spiro atoms. The van der Waals surface area contributed by atoms with E-state index >= 15 is 0 Å². The molecule has 0 heterocycles. The quantitative estimate of drug-likeness (QED) is 0.572. The van der Waals surface area contributed by atoms with Gasteiger partial charge >= 0.3 is 0 Å². The van der Waals surface area contributed by atoms with Gasteiger partial charge in [-0.15, -0.1) is 11.8 Å². The number of nitrogens with zero attached hydrogens (tertiary/aromatic N) is 1. The Balaban J connectivity index is 1.69. The summed E-state index contributed by atoms with van der Waals surface area (Å²) in [5, 5.41) is 3.19. The average molecular weight is 439 g/mol. The Kier molecular flexibility index (Phi) is 8.59. The molecule has 31 heavy (non-hydrogen) atoms.